The van der Waals surface area contributed by atoms with Gasteiger partial charge in [-0.1, -0.05) is 18.5 Å². The maximum atomic E-state index is 10.0. The molecule has 6 nitrogen and oxygen atoms in total. The first-order valence-electron chi connectivity index (χ1n) is 8.93. The van der Waals surface area contributed by atoms with Gasteiger partial charge in [0.15, 0.2) is 5.65 Å². The minimum atomic E-state index is -0.292. The fourth-order valence-electron chi connectivity index (χ4n) is 3.49. The number of β-amino-alcohol motifs (C(OH)–C–C–N with tert-alkyl or cyclic N) is 1. The maximum Gasteiger partial charge on any atom is 0.157 e. The topological polar surface area (TPSA) is 66.5 Å². The molecule has 0 aliphatic carbocycles. The van der Waals surface area contributed by atoms with Crippen molar-refractivity contribution in [2.24, 2.45) is 0 Å². The van der Waals surface area contributed by atoms with E-state index in [2.05, 4.69) is 21.8 Å². The van der Waals surface area contributed by atoms with Gasteiger partial charge in [-0.25, -0.2) is 4.98 Å². The molecule has 26 heavy (non-hydrogen) atoms. The van der Waals surface area contributed by atoms with Crippen LogP contribution >= 0.6 is 11.6 Å². The smallest absolute Gasteiger partial charge is 0.157 e. The van der Waals surface area contributed by atoms with E-state index in [0.717, 1.165) is 47.9 Å². The van der Waals surface area contributed by atoms with Gasteiger partial charge in [0.05, 0.1) is 16.8 Å². The van der Waals surface area contributed by atoms with Gasteiger partial charge in [0.1, 0.15) is 5.82 Å². The Morgan fingerprint density at radius 3 is 2.85 bits per heavy atom. The van der Waals surface area contributed by atoms with Gasteiger partial charge in [0.25, 0.3) is 0 Å². The summed E-state index contributed by atoms with van der Waals surface area (Å²) < 4.78 is 1.88. The van der Waals surface area contributed by atoms with E-state index in [0.29, 0.717) is 11.6 Å². The van der Waals surface area contributed by atoms with Gasteiger partial charge in [-0.2, -0.15) is 9.61 Å². The lowest BCUT2D eigenvalue weighted by Gasteiger charge is -2.32. The van der Waals surface area contributed by atoms with Crippen LogP contribution in [0.2, 0.25) is 5.02 Å². The molecule has 136 valence electrons. The Hall–Kier alpha value is -2.18. The highest BCUT2D eigenvalue weighted by molar-refractivity contribution is 6.30. The molecule has 1 fully saturated rings. The number of hydrogen-bond donors (Lipinski definition) is 1. The summed E-state index contributed by atoms with van der Waals surface area (Å²) in [7, 11) is 0. The average molecular weight is 372 g/mol. The van der Waals surface area contributed by atoms with Crippen LogP contribution in [0, 0.1) is 6.92 Å². The van der Waals surface area contributed by atoms with Crippen LogP contribution in [0.5, 0.6) is 0 Å². The highest BCUT2D eigenvalue weighted by Gasteiger charge is 2.22. The van der Waals surface area contributed by atoms with Crippen molar-refractivity contribution in [3.8, 4) is 0 Å². The van der Waals surface area contributed by atoms with Crippen LogP contribution in [-0.4, -0.2) is 43.9 Å². The molecular formula is C19H22ClN5O. The van der Waals surface area contributed by atoms with Gasteiger partial charge in [-0.15, -0.1) is 0 Å². The predicted molar refractivity (Wildman–Crippen MR) is 102 cm³/mol. The van der Waals surface area contributed by atoms with Crippen LogP contribution in [0.15, 0.2) is 30.5 Å². The second-order valence-corrected chi connectivity index (χ2v) is 7.40. The largest absolute Gasteiger partial charge is 0.391 e. The van der Waals surface area contributed by atoms with E-state index < -0.39 is 0 Å². The Morgan fingerprint density at radius 1 is 1.27 bits per heavy atom. The maximum absolute atomic E-state index is 10.0. The molecule has 1 unspecified atom stereocenters. The Bertz CT molecular complexity index is 924. The number of rotatable bonds is 3. The number of anilines is 1. The quantitative estimate of drug-likeness (QED) is 0.765. The Kier molecular flexibility index (Phi) is 4.54. The molecule has 4 rings (SSSR count). The van der Waals surface area contributed by atoms with Crippen molar-refractivity contribution in [3.63, 3.8) is 0 Å². The van der Waals surface area contributed by atoms with Gasteiger partial charge < -0.3 is 10.0 Å². The van der Waals surface area contributed by atoms with Crippen molar-refractivity contribution >= 4 is 23.1 Å². The standard InChI is InChI=1S/C19H22ClN5O/c1-12-8-19(24-7-3-4-15(26)11-24)25-18(22-12)9-17(23-25)13(2)16-6-5-14(20)10-21-16/h5-6,8-10,13,15,26H,3-4,7,11H2,1-2H3/t13?,15-/m0/s1. The first-order chi connectivity index (χ1) is 12.5. The van der Waals surface area contributed by atoms with Crippen molar-refractivity contribution < 1.29 is 5.11 Å². The third-order valence-corrected chi connectivity index (χ3v) is 5.14. The molecule has 3 aromatic heterocycles. The predicted octanol–water partition coefficient (Wildman–Crippen LogP) is 3.20. The Labute approximate surface area is 157 Å². The summed E-state index contributed by atoms with van der Waals surface area (Å²) in [6.45, 7) is 5.61. The fraction of sp³-hybridized carbons (Fsp3) is 0.421. The summed E-state index contributed by atoms with van der Waals surface area (Å²) in [6, 6.07) is 7.82. The van der Waals surface area contributed by atoms with Crippen LogP contribution in [0.25, 0.3) is 5.65 Å². The highest BCUT2D eigenvalue weighted by atomic mass is 35.5. The molecule has 3 aromatic rings. The summed E-state index contributed by atoms with van der Waals surface area (Å²) in [5.41, 5.74) is 3.59. The molecule has 1 aliphatic rings. The fourth-order valence-corrected chi connectivity index (χ4v) is 3.60. The third-order valence-electron chi connectivity index (χ3n) is 4.91. The summed E-state index contributed by atoms with van der Waals surface area (Å²) in [5, 5.41) is 15.5. The number of aryl methyl sites for hydroxylation is 1. The van der Waals surface area contributed by atoms with Gasteiger partial charge in [-0.3, -0.25) is 4.98 Å². The Morgan fingerprint density at radius 2 is 2.12 bits per heavy atom. The molecule has 0 bridgehead atoms. The third kappa shape index (κ3) is 3.27. The Balaban J connectivity index is 1.74. The molecular weight excluding hydrogens is 350 g/mol. The summed E-state index contributed by atoms with van der Waals surface area (Å²) >= 11 is 5.94. The minimum Gasteiger partial charge on any atom is -0.391 e. The van der Waals surface area contributed by atoms with Gasteiger partial charge in [-0.05, 0) is 31.9 Å². The number of aliphatic hydroxyl groups is 1. The summed E-state index contributed by atoms with van der Waals surface area (Å²) in [4.78, 5) is 11.2. The van der Waals surface area contributed by atoms with Crippen molar-refractivity contribution in [2.75, 3.05) is 18.0 Å². The van der Waals surface area contributed by atoms with Crippen LogP contribution < -0.4 is 4.90 Å². The number of hydrogen-bond acceptors (Lipinski definition) is 5. The molecule has 0 radical (unpaired) electrons. The highest BCUT2D eigenvalue weighted by Crippen LogP contribution is 2.27. The lowest BCUT2D eigenvalue weighted by molar-refractivity contribution is 0.153. The zero-order valence-electron chi connectivity index (χ0n) is 14.9. The second-order valence-electron chi connectivity index (χ2n) is 6.96. The number of aliphatic hydroxyl groups excluding tert-OH is 1. The first kappa shape index (κ1) is 17.2. The average Bonchev–Trinajstić information content (AvgIpc) is 3.05. The SMILES string of the molecule is Cc1cc(N2CCC[C@H](O)C2)n2nc(C(C)c3ccc(Cl)cn3)cc2n1. The van der Waals surface area contributed by atoms with Crippen molar-refractivity contribution in [2.45, 2.75) is 38.7 Å². The molecule has 0 saturated carbocycles. The van der Waals surface area contributed by atoms with E-state index in [9.17, 15) is 5.11 Å². The zero-order valence-corrected chi connectivity index (χ0v) is 15.7. The minimum absolute atomic E-state index is 0.0362. The number of piperidine rings is 1. The van der Waals surface area contributed by atoms with E-state index in [1.54, 1.807) is 6.20 Å². The molecule has 7 heteroatoms. The summed E-state index contributed by atoms with van der Waals surface area (Å²) in [6.07, 6.45) is 3.20. The molecule has 0 aromatic carbocycles. The molecule has 0 amide bonds. The van der Waals surface area contributed by atoms with E-state index in [1.807, 2.05) is 35.7 Å². The monoisotopic (exact) mass is 371 g/mol. The van der Waals surface area contributed by atoms with Gasteiger partial charge in [0, 0.05) is 48.7 Å². The molecule has 0 spiro atoms. The van der Waals surface area contributed by atoms with Crippen molar-refractivity contribution in [3.05, 3.63) is 52.6 Å². The summed E-state index contributed by atoms with van der Waals surface area (Å²) in [5.74, 6) is 1.02. The lowest BCUT2D eigenvalue weighted by atomic mass is 10.0. The molecule has 1 saturated heterocycles. The van der Waals surface area contributed by atoms with Crippen LogP contribution in [0.1, 0.15) is 42.8 Å². The number of pyridine rings is 1. The zero-order chi connectivity index (χ0) is 18.3. The first-order valence-corrected chi connectivity index (χ1v) is 9.31. The molecule has 1 aliphatic heterocycles. The van der Waals surface area contributed by atoms with E-state index in [1.165, 1.54) is 0 Å². The lowest BCUT2D eigenvalue weighted by Crippen LogP contribution is -2.39. The van der Waals surface area contributed by atoms with Crippen molar-refractivity contribution in [1.29, 1.82) is 0 Å². The number of fused-ring (bicyclic) bond motifs is 1. The van der Waals surface area contributed by atoms with E-state index in [-0.39, 0.29) is 12.0 Å². The van der Waals surface area contributed by atoms with Gasteiger partial charge in [0.2, 0.25) is 0 Å². The van der Waals surface area contributed by atoms with Crippen molar-refractivity contribution in [1.82, 2.24) is 19.6 Å². The number of nitrogens with zero attached hydrogens (tertiary/aromatic N) is 5. The molecule has 1 N–H and O–H groups in total. The second kappa shape index (κ2) is 6.85. The number of aromatic nitrogens is 4. The van der Waals surface area contributed by atoms with Crippen LogP contribution in [0.4, 0.5) is 5.82 Å². The van der Waals surface area contributed by atoms with Crippen LogP contribution in [0.3, 0.4) is 0 Å². The van der Waals surface area contributed by atoms with Gasteiger partial charge >= 0.3 is 0 Å². The molecule has 4 heterocycles. The molecule has 2 atom stereocenters. The normalized spacial score (nSPS) is 19.1. The van der Waals surface area contributed by atoms with Crippen LogP contribution in [-0.2, 0) is 0 Å². The van der Waals surface area contributed by atoms with E-state index in [4.69, 9.17) is 16.7 Å². The number of halogens is 1. The van der Waals surface area contributed by atoms with E-state index >= 15 is 0 Å².